The second kappa shape index (κ2) is 11.7. The summed E-state index contributed by atoms with van der Waals surface area (Å²) >= 11 is 0. The summed E-state index contributed by atoms with van der Waals surface area (Å²) in [7, 11) is 3.96. The van der Waals surface area contributed by atoms with Gasteiger partial charge in [-0.1, -0.05) is 48.5 Å². The Morgan fingerprint density at radius 1 is 1.13 bits per heavy atom. The van der Waals surface area contributed by atoms with E-state index in [2.05, 4.69) is 20.8 Å². The third-order valence-corrected chi connectivity index (χ3v) is 6.92. The molecule has 0 radical (unpaired) electrons. The summed E-state index contributed by atoms with van der Waals surface area (Å²) in [4.78, 5) is 42.5. The molecule has 1 atom stereocenters. The van der Waals surface area contributed by atoms with Crippen LogP contribution in [0.4, 0.5) is 10.5 Å². The SMILES string of the molecule is C/C=C/C(=O)Nc1cccc(C(=O)Cc2[nH]nc3c2CN(C(=O)N[C@H](CN(C)C)c2ccccc2)C3(C)C)c1. The Kier molecular flexibility index (Phi) is 8.30. The number of nitrogens with zero attached hydrogens (tertiary/aromatic N) is 3. The smallest absolute Gasteiger partial charge is 0.319 e. The van der Waals surface area contributed by atoms with Crippen LogP contribution in [0.25, 0.3) is 0 Å². The van der Waals surface area contributed by atoms with Gasteiger partial charge in [0.15, 0.2) is 5.78 Å². The number of ketones is 1. The van der Waals surface area contributed by atoms with Gasteiger partial charge in [0.25, 0.3) is 0 Å². The Balaban J connectivity index is 1.49. The molecule has 39 heavy (non-hydrogen) atoms. The number of Topliss-reactive ketones (excluding diaryl/α,β-unsaturated/α-hetero) is 1. The van der Waals surface area contributed by atoms with Gasteiger partial charge in [-0.2, -0.15) is 5.10 Å². The molecule has 0 bridgehead atoms. The lowest BCUT2D eigenvalue weighted by Crippen LogP contribution is -2.48. The van der Waals surface area contributed by atoms with E-state index in [1.807, 2.05) is 63.2 Å². The molecule has 1 aliphatic rings. The molecule has 0 unspecified atom stereocenters. The molecule has 204 valence electrons. The van der Waals surface area contributed by atoms with Crippen LogP contribution in [0.2, 0.25) is 0 Å². The molecule has 1 aliphatic heterocycles. The van der Waals surface area contributed by atoms with Crippen molar-refractivity contribution in [3.8, 4) is 0 Å². The van der Waals surface area contributed by atoms with Gasteiger partial charge in [0.05, 0.1) is 30.2 Å². The number of urea groups is 1. The third kappa shape index (κ3) is 6.26. The van der Waals surface area contributed by atoms with Crippen LogP contribution in [0.1, 0.15) is 59.7 Å². The minimum absolute atomic E-state index is 0.105. The summed E-state index contributed by atoms with van der Waals surface area (Å²) in [6, 6.07) is 16.4. The maximum Gasteiger partial charge on any atom is 0.319 e. The van der Waals surface area contributed by atoms with Crippen LogP contribution in [0.5, 0.6) is 0 Å². The van der Waals surface area contributed by atoms with Crippen molar-refractivity contribution >= 4 is 23.4 Å². The minimum atomic E-state index is -0.659. The van der Waals surface area contributed by atoms with Crippen molar-refractivity contribution in [2.24, 2.45) is 0 Å². The van der Waals surface area contributed by atoms with Gasteiger partial charge < -0.3 is 20.4 Å². The minimum Gasteiger partial charge on any atom is -0.330 e. The molecule has 3 aromatic rings. The number of H-pyrrole nitrogens is 1. The Morgan fingerprint density at radius 3 is 2.56 bits per heavy atom. The van der Waals surface area contributed by atoms with E-state index in [-0.39, 0.29) is 30.2 Å². The molecule has 3 N–H and O–H groups in total. The van der Waals surface area contributed by atoms with Crippen molar-refractivity contribution in [1.82, 2.24) is 25.3 Å². The van der Waals surface area contributed by atoms with E-state index in [0.29, 0.717) is 30.0 Å². The number of amides is 3. The fourth-order valence-electron chi connectivity index (χ4n) is 4.91. The zero-order valence-electron chi connectivity index (χ0n) is 23.1. The number of allylic oxidation sites excluding steroid dienone is 1. The standard InChI is InChI=1S/C30H36N6O3/c1-6-11-27(38)31-22-15-10-14-21(16-22)26(37)17-24-23-18-36(30(2,3)28(23)34-33-24)29(39)32-25(19-35(4)5)20-12-8-7-9-13-20/h6-16,25H,17-19H2,1-5H3,(H,31,38)(H,32,39)(H,33,34)/b11-6+/t25-/m1/s1. The number of aromatic nitrogens is 2. The van der Waals surface area contributed by atoms with Gasteiger partial charge in [-0.3, -0.25) is 14.7 Å². The van der Waals surface area contributed by atoms with Crippen molar-refractivity contribution in [3.63, 3.8) is 0 Å². The Labute approximate surface area is 229 Å². The Morgan fingerprint density at radius 2 is 1.87 bits per heavy atom. The molecule has 4 rings (SSSR count). The average Bonchev–Trinajstić information content (AvgIpc) is 3.41. The van der Waals surface area contributed by atoms with Crippen LogP contribution in [-0.2, 0) is 23.3 Å². The number of fused-ring (bicyclic) bond motifs is 1. The first-order valence-electron chi connectivity index (χ1n) is 13.0. The summed E-state index contributed by atoms with van der Waals surface area (Å²) in [6.07, 6.45) is 3.18. The third-order valence-electron chi connectivity index (χ3n) is 6.92. The fourth-order valence-corrected chi connectivity index (χ4v) is 4.91. The van der Waals surface area contributed by atoms with Crippen LogP contribution < -0.4 is 10.6 Å². The maximum atomic E-state index is 13.6. The highest BCUT2D eigenvalue weighted by atomic mass is 16.2. The molecule has 0 saturated carbocycles. The van der Waals surface area contributed by atoms with Crippen LogP contribution in [0.15, 0.2) is 66.7 Å². The lowest BCUT2D eigenvalue weighted by Gasteiger charge is -2.33. The number of hydrogen-bond donors (Lipinski definition) is 3. The zero-order chi connectivity index (χ0) is 28.2. The summed E-state index contributed by atoms with van der Waals surface area (Å²) < 4.78 is 0. The van der Waals surface area contributed by atoms with E-state index >= 15 is 0 Å². The Bertz CT molecular complexity index is 1380. The van der Waals surface area contributed by atoms with Crippen molar-refractivity contribution in [2.75, 3.05) is 26.0 Å². The van der Waals surface area contributed by atoms with Crippen molar-refractivity contribution in [2.45, 2.75) is 45.3 Å². The average molecular weight is 529 g/mol. The van der Waals surface area contributed by atoms with Gasteiger partial charge in [-0.25, -0.2) is 4.79 Å². The summed E-state index contributed by atoms with van der Waals surface area (Å²) in [5.74, 6) is -0.367. The quantitative estimate of drug-likeness (QED) is 0.281. The highest BCUT2D eigenvalue weighted by molar-refractivity contribution is 6.02. The number of benzene rings is 2. The number of likely N-dealkylation sites (N-methyl/N-ethyl adjacent to an activating group) is 1. The number of hydrogen-bond acceptors (Lipinski definition) is 5. The van der Waals surface area contributed by atoms with Crippen LogP contribution in [0, 0.1) is 0 Å². The van der Waals surface area contributed by atoms with Crippen molar-refractivity contribution < 1.29 is 14.4 Å². The normalized spacial score (nSPS) is 14.9. The molecule has 2 heterocycles. The molecular formula is C30H36N6O3. The highest BCUT2D eigenvalue weighted by Crippen LogP contribution is 2.39. The predicted molar refractivity (Wildman–Crippen MR) is 151 cm³/mol. The van der Waals surface area contributed by atoms with E-state index in [1.165, 1.54) is 6.08 Å². The summed E-state index contributed by atoms with van der Waals surface area (Å²) in [5.41, 5.74) is 3.72. The van der Waals surface area contributed by atoms with Gasteiger partial charge >= 0.3 is 6.03 Å². The number of carbonyl (C=O) groups is 3. The predicted octanol–water partition coefficient (Wildman–Crippen LogP) is 4.41. The first-order chi connectivity index (χ1) is 18.6. The number of anilines is 1. The van der Waals surface area contributed by atoms with E-state index < -0.39 is 5.54 Å². The molecule has 3 amide bonds. The lowest BCUT2D eigenvalue weighted by atomic mass is 9.98. The van der Waals surface area contributed by atoms with Crippen LogP contribution >= 0.6 is 0 Å². The van der Waals surface area contributed by atoms with Crippen molar-refractivity contribution in [1.29, 1.82) is 0 Å². The first-order valence-corrected chi connectivity index (χ1v) is 13.0. The molecule has 9 nitrogen and oxygen atoms in total. The number of aromatic amines is 1. The largest absolute Gasteiger partial charge is 0.330 e. The molecule has 0 saturated heterocycles. The second-order valence-corrected chi connectivity index (χ2v) is 10.5. The van der Waals surface area contributed by atoms with Gasteiger partial charge in [0.2, 0.25) is 5.91 Å². The number of rotatable bonds is 9. The van der Waals surface area contributed by atoms with Crippen molar-refractivity contribution in [3.05, 3.63) is 94.8 Å². The van der Waals surface area contributed by atoms with Crippen LogP contribution in [0.3, 0.4) is 0 Å². The summed E-state index contributed by atoms with van der Waals surface area (Å²) in [5, 5.41) is 13.5. The number of nitrogens with one attached hydrogen (secondary N) is 3. The topological polar surface area (TPSA) is 110 Å². The van der Waals surface area contributed by atoms with Crippen LogP contribution in [-0.4, -0.2) is 58.4 Å². The molecule has 0 aliphatic carbocycles. The monoisotopic (exact) mass is 528 g/mol. The van der Waals surface area contributed by atoms with E-state index in [9.17, 15) is 14.4 Å². The van der Waals surface area contributed by atoms with E-state index in [0.717, 1.165) is 16.8 Å². The molecule has 9 heteroatoms. The van der Waals surface area contributed by atoms with Gasteiger partial charge in [0.1, 0.15) is 0 Å². The molecule has 0 spiro atoms. The fraction of sp³-hybridized carbons (Fsp3) is 0.333. The lowest BCUT2D eigenvalue weighted by molar-refractivity contribution is -0.111. The van der Waals surface area contributed by atoms with E-state index in [1.54, 1.807) is 42.2 Å². The molecule has 0 fully saturated rings. The zero-order valence-corrected chi connectivity index (χ0v) is 23.1. The van der Waals surface area contributed by atoms with E-state index in [4.69, 9.17) is 0 Å². The highest BCUT2D eigenvalue weighted by Gasteiger charge is 2.44. The maximum absolute atomic E-state index is 13.6. The Hall–Kier alpha value is -4.24. The molecule has 1 aromatic heterocycles. The van der Waals surface area contributed by atoms with Gasteiger partial charge in [0, 0.05) is 29.1 Å². The van der Waals surface area contributed by atoms with Gasteiger partial charge in [-0.05, 0) is 58.6 Å². The van der Waals surface area contributed by atoms with Gasteiger partial charge in [-0.15, -0.1) is 0 Å². The second-order valence-electron chi connectivity index (χ2n) is 10.5. The first kappa shape index (κ1) is 27.8. The summed E-state index contributed by atoms with van der Waals surface area (Å²) in [6.45, 7) is 6.69. The molecule has 2 aromatic carbocycles. The molecular weight excluding hydrogens is 492 g/mol. The number of carbonyl (C=O) groups excluding carboxylic acids is 3.